The molecule has 0 aliphatic carbocycles. The second-order valence-electron chi connectivity index (χ2n) is 14.2. The Bertz CT molecular complexity index is 3040. The maximum absolute atomic E-state index is 5.77. The number of anilines is 6. The average Bonchev–Trinajstić information content (AvgIpc) is 3.27. The van der Waals surface area contributed by atoms with Gasteiger partial charge in [0.25, 0.3) is 0 Å². The van der Waals surface area contributed by atoms with E-state index in [9.17, 15) is 0 Å². The highest BCUT2D eigenvalue weighted by Gasteiger charge is 2.25. The Morgan fingerprint density at radius 1 is 0.232 bits per heavy atom. The minimum absolute atomic E-state index is 0.813. The molecule has 56 heavy (non-hydrogen) atoms. The molecule has 0 spiro atoms. The summed E-state index contributed by atoms with van der Waals surface area (Å²) in [6, 6.07) is 73.1. The van der Waals surface area contributed by atoms with Crippen LogP contribution in [0.1, 0.15) is 0 Å². The molecule has 1 aromatic heterocycles. The number of benzene rings is 10. The van der Waals surface area contributed by atoms with Gasteiger partial charge < -0.3 is 9.80 Å². The van der Waals surface area contributed by atoms with Crippen molar-refractivity contribution in [2.75, 3.05) is 9.80 Å². The van der Waals surface area contributed by atoms with Gasteiger partial charge in [0.2, 0.25) is 0 Å². The Hall–Kier alpha value is -7.56. The largest absolute Gasteiger partial charge is 0.308 e. The van der Waals surface area contributed by atoms with Gasteiger partial charge in [0.1, 0.15) is 11.0 Å². The third-order valence-electron chi connectivity index (χ3n) is 11.0. The summed E-state index contributed by atoms with van der Waals surface area (Å²) < 4.78 is 0. The van der Waals surface area contributed by atoms with Gasteiger partial charge in [0.15, 0.2) is 0 Å². The first-order valence-electron chi connectivity index (χ1n) is 19.0. The van der Waals surface area contributed by atoms with E-state index in [-0.39, 0.29) is 0 Å². The van der Waals surface area contributed by atoms with Gasteiger partial charge in [-0.25, -0.2) is 9.97 Å². The van der Waals surface area contributed by atoms with Crippen molar-refractivity contribution in [3.8, 4) is 0 Å². The SMILES string of the molecule is c1ccc(N(c2cccc3ccccc23)c2ccc(N(c3ccccc3)c3cccc4ccccc34)c3nc4c5ccccc5c5ccccc5c4nc23)cc1. The normalized spacial score (nSPS) is 11.6. The Labute approximate surface area is 324 Å². The van der Waals surface area contributed by atoms with Crippen LogP contribution in [0.4, 0.5) is 34.1 Å². The van der Waals surface area contributed by atoms with Crippen molar-refractivity contribution in [1.29, 1.82) is 0 Å². The lowest BCUT2D eigenvalue weighted by Gasteiger charge is -2.31. The third-order valence-corrected chi connectivity index (χ3v) is 11.0. The maximum atomic E-state index is 5.77. The van der Waals surface area contributed by atoms with E-state index in [0.717, 1.165) is 88.5 Å². The van der Waals surface area contributed by atoms with Crippen molar-refractivity contribution in [2.24, 2.45) is 0 Å². The van der Waals surface area contributed by atoms with E-state index in [1.807, 2.05) is 0 Å². The predicted molar refractivity (Wildman–Crippen MR) is 236 cm³/mol. The van der Waals surface area contributed by atoms with Gasteiger partial charge in [-0.15, -0.1) is 0 Å². The van der Waals surface area contributed by atoms with E-state index in [2.05, 4.69) is 216 Å². The lowest BCUT2D eigenvalue weighted by atomic mass is 9.99. The average molecular weight is 715 g/mol. The zero-order valence-electron chi connectivity index (χ0n) is 30.4. The third kappa shape index (κ3) is 5.08. The highest BCUT2D eigenvalue weighted by molar-refractivity contribution is 6.25. The minimum Gasteiger partial charge on any atom is -0.308 e. The fourth-order valence-corrected chi connectivity index (χ4v) is 8.47. The number of para-hydroxylation sites is 2. The molecule has 0 atom stereocenters. The van der Waals surface area contributed by atoms with Crippen LogP contribution in [0.2, 0.25) is 0 Å². The fourth-order valence-electron chi connectivity index (χ4n) is 8.47. The molecule has 0 aliphatic heterocycles. The van der Waals surface area contributed by atoms with Crippen molar-refractivity contribution in [3.63, 3.8) is 0 Å². The van der Waals surface area contributed by atoms with Crippen molar-refractivity contribution >= 4 is 99.3 Å². The Kier molecular flexibility index (Phi) is 7.46. The summed E-state index contributed by atoms with van der Waals surface area (Å²) in [5, 5.41) is 9.15. The molecule has 11 rings (SSSR count). The van der Waals surface area contributed by atoms with Crippen LogP contribution in [0.5, 0.6) is 0 Å². The topological polar surface area (TPSA) is 32.3 Å². The standard InChI is InChI=1S/C52H34N4/c1-3-21-37(22-4-1)55(45-31-15-19-35-17-7-9-25-39(35)45)47-33-34-48(56(38-23-5-2-6-24-38)46-32-16-20-36-18-8-10-26-40(36)46)52-51(47)53-49-43-29-13-11-27-41(43)42-28-12-14-30-44(42)50(49)54-52/h1-34H. The Morgan fingerprint density at radius 3 is 1.00 bits per heavy atom. The summed E-state index contributed by atoms with van der Waals surface area (Å²) >= 11 is 0. The first-order chi connectivity index (χ1) is 27.8. The number of fused-ring (bicyclic) bond motifs is 9. The van der Waals surface area contributed by atoms with Crippen LogP contribution in [0.3, 0.4) is 0 Å². The van der Waals surface area contributed by atoms with Gasteiger partial charge in [-0.3, -0.25) is 0 Å². The van der Waals surface area contributed by atoms with E-state index >= 15 is 0 Å². The van der Waals surface area contributed by atoms with Gasteiger partial charge >= 0.3 is 0 Å². The zero-order chi connectivity index (χ0) is 37.0. The number of aromatic nitrogens is 2. The summed E-state index contributed by atoms with van der Waals surface area (Å²) in [6.07, 6.45) is 0. The quantitative estimate of drug-likeness (QED) is 0.127. The molecule has 0 saturated carbocycles. The van der Waals surface area contributed by atoms with Crippen LogP contribution >= 0.6 is 0 Å². The summed E-state index contributed by atoms with van der Waals surface area (Å²) in [4.78, 5) is 16.2. The molecule has 0 fully saturated rings. The molecule has 0 saturated heterocycles. The van der Waals surface area contributed by atoms with E-state index in [1.54, 1.807) is 0 Å². The first-order valence-corrected chi connectivity index (χ1v) is 19.0. The Morgan fingerprint density at radius 2 is 0.571 bits per heavy atom. The molecule has 0 unspecified atom stereocenters. The van der Waals surface area contributed by atoms with Crippen LogP contribution < -0.4 is 9.80 Å². The molecule has 11 aromatic rings. The monoisotopic (exact) mass is 714 g/mol. The lowest BCUT2D eigenvalue weighted by Crippen LogP contribution is -2.15. The van der Waals surface area contributed by atoms with E-state index in [1.165, 1.54) is 10.8 Å². The molecule has 10 aromatic carbocycles. The molecule has 4 nitrogen and oxygen atoms in total. The van der Waals surface area contributed by atoms with Crippen molar-refractivity contribution in [2.45, 2.75) is 0 Å². The molecule has 0 bridgehead atoms. The van der Waals surface area contributed by atoms with Crippen LogP contribution in [0.25, 0.3) is 65.2 Å². The van der Waals surface area contributed by atoms with Crippen molar-refractivity contribution < 1.29 is 0 Å². The van der Waals surface area contributed by atoms with E-state index < -0.39 is 0 Å². The number of rotatable bonds is 6. The highest BCUT2D eigenvalue weighted by Crippen LogP contribution is 2.48. The van der Waals surface area contributed by atoms with E-state index in [0.29, 0.717) is 0 Å². The number of hydrogen-bond acceptors (Lipinski definition) is 4. The van der Waals surface area contributed by atoms with Gasteiger partial charge in [0.05, 0.1) is 33.8 Å². The van der Waals surface area contributed by atoms with Crippen molar-refractivity contribution in [3.05, 3.63) is 206 Å². The Balaban J connectivity index is 1.31. The van der Waals surface area contributed by atoms with Crippen LogP contribution in [-0.2, 0) is 0 Å². The van der Waals surface area contributed by atoms with Crippen LogP contribution in [0.15, 0.2) is 206 Å². The van der Waals surface area contributed by atoms with Crippen LogP contribution in [0, 0.1) is 0 Å². The number of nitrogens with zero attached hydrogens (tertiary/aromatic N) is 4. The van der Waals surface area contributed by atoms with E-state index in [4.69, 9.17) is 9.97 Å². The summed E-state index contributed by atoms with van der Waals surface area (Å²) in [5.41, 5.74) is 9.51. The van der Waals surface area contributed by atoms with Crippen molar-refractivity contribution in [1.82, 2.24) is 9.97 Å². The fraction of sp³-hybridized carbons (Fsp3) is 0. The molecule has 0 radical (unpaired) electrons. The summed E-state index contributed by atoms with van der Waals surface area (Å²) in [7, 11) is 0. The maximum Gasteiger partial charge on any atom is 0.116 e. The lowest BCUT2D eigenvalue weighted by molar-refractivity contribution is 1.26. The van der Waals surface area contributed by atoms with Gasteiger partial charge in [-0.05, 0) is 70.1 Å². The molecule has 1 heterocycles. The minimum atomic E-state index is 0.813. The van der Waals surface area contributed by atoms with Gasteiger partial charge in [-0.1, -0.05) is 158 Å². The summed E-state index contributed by atoms with van der Waals surface area (Å²) in [6.45, 7) is 0. The highest BCUT2D eigenvalue weighted by atomic mass is 15.2. The number of hydrogen-bond donors (Lipinski definition) is 0. The van der Waals surface area contributed by atoms with Crippen LogP contribution in [-0.4, -0.2) is 9.97 Å². The smallest absolute Gasteiger partial charge is 0.116 e. The second kappa shape index (κ2) is 13.1. The first kappa shape index (κ1) is 31.9. The second-order valence-corrected chi connectivity index (χ2v) is 14.2. The van der Waals surface area contributed by atoms with Gasteiger partial charge in [0, 0.05) is 32.9 Å². The zero-order valence-corrected chi connectivity index (χ0v) is 30.4. The predicted octanol–water partition coefficient (Wildman–Crippen LogP) is 14.3. The molecule has 0 N–H and O–H groups in total. The molecule has 4 heteroatoms. The molecule has 262 valence electrons. The molecule has 0 amide bonds. The molecule has 0 aliphatic rings. The van der Waals surface area contributed by atoms with Gasteiger partial charge in [-0.2, -0.15) is 0 Å². The summed E-state index contributed by atoms with van der Waals surface area (Å²) in [5.74, 6) is 0. The molecular formula is C52H34N4. The molecular weight excluding hydrogens is 681 g/mol.